The number of carbonyl (C=O) groups excluding carboxylic acids is 1. The maximum Gasteiger partial charge on any atom is 0.176 e. The zero-order valence-corrected chi connectivity index (χ0v) is 12.7. The van der Waals surface area contributed by atoms with Gasteiger partial charge in [0.2, 0.25) is 0 Å². The third-order valence-corrected chi connectivity index (χ3v) is 3.81. The molecule has 2 heteroatoms. The van der Waals surface area contributed by atoms with Gasteiger partial charge in [0.05, 0.1) is 6.54 Å². The van der Waals surface area contributed by atoms with E-state index in [1.54, 1.807) is 0 Å². The average molecular weight is 289 g/mol. The van der Waals surface area contributed by atoms with E-state index in [-0.39, 0.29) is 5.78 Å². The number of rotatable bonds is 5. The van der Waals surface area contributed by atoms with E-state index in [1.165, 1.54) is 11.1 Å². The molecule has 22 heavy (non-hydrogen) atoms. The topological polar surface area (TPSA) is 29.1 Å². The van der Waals surface area contributed by atoms with Crippen molar-refractivity contribution < 1.29 is 4.79 Å². The van der Waals surface area contributed by atoms with Gasteiger partial charge in [0, 0.05) is 12.1 Å². The quantitative estimate of drug-likeness (QED) is 0.716. The van der Waals surface area contributed by atoms with Gasteiger partial charge in [0.1, 0.15) is 0 Å². The summed E-state index contributed by atoms with van der Waals surface area (Å²) in [6.45, 7) is 3.13. The van der Waals surface area contributed by atoms with Crippen molar-refractivity contribution >= 4 is 16.6 Å². The fraction of sp³-hybridized carbons (Fsp3) is 0.150. The third-order valence-electron chi connectivity index (χ3n) is 3.81. The minimum absolute atomic E-state index is 0.123. The number of benzene rings is 3. The van der Waals surface area contributed by atoms with Gasteiger partial charge in [-0.05, 0) is 29.3 Å². The van der Waals surface area contributed by atoms with Gasteiger partial charge in [-0.3, -0.25) is 4.79 Å². The Morgan fingerprint density at radius 1 is 0.909 bits per heavy atom. The van der Waals surface area contributed by atoms with Crippen LogP contribution < -0.4 is 5.32 Å². The summed E-state index contributed by atoms with van der Waals surface area (Å²) in [7, 11) is 0. The van der Waals surface area contributed by atoms with Crippen molar-refractivity contribution in [2.45, 2.75) is 13.5 Å². The van der Waals surface area contributed by atoms with E-state index in [1.807, 2.05) is 36.4 Å². The average Bonchev–Trinajstić information content (AvgIpc) is 2.56. The Balaban J connectivity index is 1.62. The molecular formula is C20H19NO. The van der Waals surface area contributed by atoms with Gasteiger partial charge in [0.15, 0.2) is 5.78 Å². The Hall–Kier alpha value is -2.45. The van der Waals surface area contributed by atoms with Crippen molar-refractivity contribution in [3.8, 4) is 0 Å². The normalized spacial score (nSPS) is 10.8. The van der Waals surface area contributed by atoms with E-state index >= 15 is 0 Å². The van der Waals surface area contributed by atoms with Crippen LogP contribution in [0.15, 0.2) is 66.7 Å². The number of carbonyl (C=O) groups is 1. The van der Waals surface area contributed by atoms with Gasteiger partial charge in [-0.1, -0.05) is 66.2 Å². The van der Waals surface area contributed by atoms with Crippen LogP contribution in [0, 0.1) is 6.92 Å². The summed E-state index contributed by atoms with van der Waals surface area (Å²) < 4.78 is 0. The van der Waals surface area contributed by atoms with Crippen molar-refractivity contribution in [3.63, 3.8) is 0 Å². The Bertz CT molecular complexity index is 790. The lowest BCUT2D eigenvalue weighted by Gasteiger charge is -2.06. The molecule has 3 aromatic carbocycles. The largest absolute Gasteiger partial charge is 0.306 e. The zero-order chi connectivity index (χ0) is 15.4. The second-order valence-corrected chi connectivity index (χ2v) is 5.57. The molecule has 110 valence electrons. The first-order valence-corrected chi connectivity index (χ1v) is 7.51. The van der Waals surface area contributed by atoms with Crippen molar-refractivity contribution in [2.24, 2.45) is 0 Å². The summed E-state index contributed by atoms with van der Waals surface area (Å²) in [5.41, 5.74) is 3.20. The first-order chi connectivity index (χ1) is 10.7. The lowest BCUT2D eigenvalue weighted by atomic mass is 10.0. The smallest absolute Gasteiger partial charge is 0.176 e. The predicted octanol–water partition coefficient (Wildman–Crippen LogP) is 4.12. The standard InChI is InChI=1S/C20H19NO/c1-15-6-8-16(9-7-15)13-21-14-20(22)19-11-10-17-4-2-3-5-18(17)12-19/h2-12,21H,13-14H2,1H3. The highest BCUT2D eigenvalue weighted by atomic mass is 16.1. The van der Waals surface area contributed by atoms with Crippen LogP contribution in [0.3, 0.4) is 0 Å². The Morgan fingerprint density at radius 3 is 2.41 bits per heavy atom. The molecular weight excluding hydrogens is 270 g/mol. The maximum absolute atomic E-state index is 12.3. The van der Waals surface area contributed by atoms with Gasteiger partial charge in [-0.25, -0.2) is 0 Å². The first kappa shape index (κ1) is 14.5. The van der Waals surface area contributed by atoms with Crippen LogP contribution >= 0.6 is 0 Å². The van der Waals surface area contributed by atoms with E-state index < -0.39 is 0 Å². The Labute approximate surface area is 130 Å². The number of ketones is 1. The first-order valence-electron chi connectivity index (χ1n) is 7.51. The minimum atomic E-state index is 0.123. The second-order valence-electron chi connectivity index (χ2n) is 5.57. The number of hydrogen-bond acceptors (Lipinski definition) is 2. The van der Waals surface area contributed by atoms with Crippen molar-refractivity contribution in [3.05, 3.63) is 83.4 Å². The molecule has 0 saturated carbocycles. The van der Waals surface area contributed by atoms with Crippen LogP contribution in [0.25, 0.3) is 10.8 Å². The predicted molar refractivity (Wildman–Crippen MR) is 91.2 cm³/mol. The van der Waals surface area contributed by atoms with E-state index in [0.29, 0.717) is 13.1 Å². The van der Waals surface area contributed by atoms with E-state index in [9.17, 15) is 4.79 Å². The van der Waals surface area contributed by atoms with Crippen molar-refractivity contribution in [2.75, 3.05) is 6.54 Å². The maximum atomic E-state index is 12.3. The summed E-state index contributed by atoms with van der Waals surface area (Å²) in [5, 5.41) is 5.48. The van der Waals surface area contributed by atoms with Crippen LogP contribution in [0.2, 0.25) is 0 Å². The molecule has 0 atom stereocenters. The Kier molecular flexibility index (Phi) is 4.31. The molecule has 0 unspecified atom stereocenters. The Morgan fingerprint density at radius 2 is 1.64 bits per heavy atom. The summed E-state index contributed by atoms with van der Waals surface area (Å²) in [6.07, 6.45) is 0. The molecule has 3 rings (SSSR count). The SMILES string of the molecule is Cc1ccc(CNCC(=O)c2ccc3ccccc3c2)cc1. The molecule has 0 aromatic heterocycles. The fourth-order valence-electron chi connectivity index (χ4n) is 2.49. The molecule has 0 bridgehead atoms. The van der Waals surface area contributed by atoms with E-state index in [0.717, 1.165) is 16.3 Å². The number of aryl methyl sites for hydroxylation is 1. The molecule has 1 N–H and O–H groups in total. The van der Waals surface area contributed by atoms with Crippen molar-refractivity contribution in [1.82, 2.24) is 5.32 Å². The number of Topliss-reactive ketones (excluding diaryl/α,β-unsaturated/α-hetero) is 1. The third kappa shape index (κ3) is 3.41. The molecule has 0 aliphatic carbocycles. The van der Waals surface area contributed by atoms with Gasteiger partial charge < -0.3 is 5.32 Å². The molecule has 3 aromatic rings. The van der Waals surface area contributed by atoms with Gasteiger partial charge in [-0.2, -0.15) is 0 Å². The summed E-state index contributed by atoms with van der Waals surface area (Å²) in [4.78, 5) is 12.3. The highest BCUT2D eigenvalue weighted by Crippen LogP contribution is 2.15. The van der Waals surface area contributed by atoms with E-state index in [2.05, 4.69) is 42.6 Å². The molecule has 2 nitrogen and oxygen atoms in total. The minimum Gasteiger partial charge on any atom is -0.306 e. The van der Waals surface area contributed by atoms with E-state index in [4.69, 9.17) is 0 Å². The second kappa shape index (κ2) is 6.54. The van der Waals surface area contributed by atoms with Crippen LogP contribution in [0.5, 0.6) is 0 Å². The van der Waals surface area contributed by atoms with Crippen molar-refractivity contribution in [1.29, 1.82) is 0 Å². The fourth-order valence-corrected chi connectivity index (χ4v) is 2.49. The molecule has 0 aliphatic heterocycles. The van der Waals surface area contributed by atoms with Gasteiger partial charge in [-0.15, -0.1) is 0 Å². The lowest BCUT2D eigenvalue weighted by molar-refractivity contribution is 0.0991. The molecule has 0 radical (unpaired) electrons. The molecule has 0 fully saturated rings. The zero-order valence-electron chi connectivity index (χ0n) is 12.7. The highest BCUT2D eigenvalue weighted by molar-refractivity contribution is 6.01. The molecule has 0 aliphatic rings. The van der Waals surface area contributed by atoms with Gasteiger partial charge >= 0.3 is 0 Å². The van der Waals surface area contributed by atoms with Crippen LogP contribution in [0.4, 0.5) is 0 Å². The highest BCUT2D eigenvalue weighted by Gasteiger charge is 2.06. The van der Waals surface area contributed by atoms with Crippen LogP contribution in [-0.4, -0.2) is 12.3 Å². The number of hydrogen-bond donors (Lipinski definition) is 1. The molecule has 0 heterocycles. The summed E-state index contributed by atoms with van der Waals surface area (Å²) >= 11 is 0. The van der Waals surface area contributed by atoms with Gasteiger partial charge in [0.25, 0.3) is 0 Å². The lowest BCUT2D eigenvalue weighted by Crippen LogP contribution is -2.22. The number of nitrogens with one attached hydrogen (secondary N) is 1. The molecule has 0 amide bonds. The molecule has 0 saturated heterocycles. The molecule has 0 spiro atoms. The van der Waals surface area contributed by atoms with Crippen LogP contribution in [-0.2, 0) is 6.54 Å². The summed E-state index contributed by atoms with van der Waals surface area (Å²) in [5.74, 6) is 0.123. The number of fused-ring (bicyclic) bond motifs is 1. The monoisotopic (exact) mass is 289 g/mol. The van der Waals surface area contributed by atoms with Crippen LogP contribution in [0.1, 0.15) is 21.5 Å². The summed E-state index contributed by atoms with van der Waals surface area (Å²) in [6, 6.07) is 22.3.